The second-order valence-electron chi connectivity index (χ2n) is 3.74. The fourth-order valence-corrected chi connectivity index (χ4v) is 1.54. The molecule has 102 valence electrons. The summed E-state index contributed by atoms with van der Waals surface area (Å²) >= 11 is 0. The molecular weight excluding hydrogens is 239 g/mol. The number of halogens is 1. The van der Waals surface area contributed by atoms with Gasteiger partial charge in [0.1, 0.15) is 0 Å². The molecule has 0 unspecified atom stereocenters. The molecule has 5 nitrogen and oxygen atoms in total. The molecule has 0 bridgehead atoms. The molecule has 1 aromatic heterocycles. The maximum atomic E-state index is 14.0. The Balaban J connectivity index is 2.88. The minimum atomic E-state index is -0.493. The first-order valence-corrected chi connectivity index (χ1v) is 5.71. The highest BCUT2D eigenvalue weighted by Crippen LogP contribution is 2.19. The van der Waals surface area contributed by atoms with Gasteiger partial charge < -0.3 is 19.5 Å². The van der Waals surface area contributed by atoms with Gasteiger partial charge in [-0.25, -0.2) is 9.37 Å². The number of hydrogen-bond acceptors (Lipinski definition) is 5. The molecular formula is C12H19FN2O3. The largest absolute Gasteiger partial charge is 0.392 e. The van der Waals surface area contributed by atoms with Crippen molar-refractivity contribution in [1.29, 1.82) is 0 Å². The molecule has 1 rings (SSSR count). The van der Waals surface area contributed by atoms with Crippen LogP contribution < -0.4 is 4.90 Å². The lowest BCUT2D eigenvalue weighted by atomic mass is 10.2. The van der Waals surface area contributed by atoms with Gasteiger partial charge in [0.05, 0.1) is 19.8 Å². The van der Waals surface area contributed by atoms with Crippen LogP contribution in [0.15, 0.2) is 12.3 Å². The van der Waals surface area contributed by atoms with E-state index in [1.807, 2.05) is 0 Å². The van der Waals surface area contributed by atoms with E-state index in [-0.39, 0.29) is 18.0 Å². The van der Waals surface area contributed by atoms with Crippen LogP contribution in [0.25, 0.3) is 0 Å². The Bertz CT molecular complexity index is 355. The average Bonchev–Trinajstić information content (AvgIpc) is 2.40. The second kappa shape index (κ2) is 7.97. The fourth-order valence-electron chi connectivity index (χ4n) is 1.54. The zero-order chi connectivity index (χ0) is 13.4. The number of hydrogen-bond donors (Lipinski definition) is 1. The van der Waals surface area contributed by atoms with Crippen molar-refractivity contribution in [3.8, 4) is 0 Å². The van der Waals surface area contributed by atoms with Gasteiger partial charge in [-0.1, -0.05) is 0 Å². The van der Waals surface area contributed by atoms with Crippen molar-refractivity contribution in [2.75, 3.05) is 45.4 Å². The number of aromatic nitrogens is 1. The fraction of sp³-hybridized carbons (Fsp3) is 0.583. The molecule has 0 atom stereocenters. The quantitative estimate of drug-likeness (QED) is 0.748. The molecule has 0 amide bonds. The van der Waals surface area contributed by atoms with E-state index in [0.29, 0.717) is 26.3 Å². The number of methoxy groups -OCH3 is 2. The number of pyridine rings is 1. The van der Waals surface area contributed by atoms with Crippen molar-refractivity contribution in [1.82, 2.24) is 4.98 Å². The standard InChI is InChI=1S/C12H19FN2O3/c1-17-7-5-15(6-8-18-2)12-11(13)10(9-16)3-4-14-12/h3-4,16H,5-9H2,1-2H3. The Labute approximate surface area is 106 Å². The maximum absolute atomic E-state index is 14.0. The van der Waals surface area contributed by atoms with Crippen LogP contribution in [0.1, 0.15) is 5.56 Å². The monoisotopic (exact) mass is 258 g/mol. The van der Waals surface area contributed by atoms with Gasteiger partial charge >= 0.3 is 0 Å². The predicted octanol–water partition coefficient (Wildman–Crippen LogP) is 0.812. The SMILES string of the molecule is COCCN(CCOC)c1nccc(CO)c1F. The number of aliphatic hydroxyl groups excluding tert-OH is 1. The minimum Gasteiger partial charge on any atom is -0.392 e. The molecule has 0 aliphatic heterocycles. The van der Waals surface area contributed by atoms with Crippen LogP contribution >= 0.6 is 0 Å². The second-order valence-corrected chi connectivity index (χ2v) is 3.74. The molecule has 18 heavy (non-hydrogen) atoms. The van der Waals surface area contributed by atoms with Crippen LogP contribution in [0, 0.1) is 5.82 Å². The Morgan fingerprint density at radius 2 is 1.89 bits per heavy atom. The zero-order valence-corrected chi connectivity index (χ0v) is 10.7. The van der Waals surface area contributed by atoms with E-state index in [1.54, 1.807) is 19.1 Å². The van der Waals surface area contributed by atoms with Crippen LogP contribution in [0.4, 0.5) is 10.2 Å². The van der Waals surface area contributed by atoms with Crippen molar-refractivity contribution in [2.45, 2.75) is 6.61 Å². The Morgan fingerprint density at radius 1 is 1.28 bits per heavy atom. The van der Waals surface area contributed by atoms with Crippen molar-refractivity contribution in [3.63, 3.8) is 0 Å². The van der Waals surface area contributed by atoms with Gasteiger partial charge in [-0.3, -0.25) is 0 Å². The first-order valence-electron chi connectivity index (χ1n) is 5.71. The number of anilines is 1. The highest BCUT2D eigenvalue weighted by Gasteiger charge is 2.15. The van der Waals surface area contributed by atoms with Crippen LogP contribution in [-0.4, -0.2) is 50.6 Å². The van der Waals surface area contributed by atoms with Crippen LogP contribution in [0.5, 0.6) is 0 Å². The lowest BCUT2D eigenvalue weighted by Crippen LogP contribution is -2.32. The van der Waals surface area contributed by atoms with E-state index in [2.05, 4.69) is 4.98 Å². The van der Waals surface area contributed by atoms with Gasteiger partial charge in [0.15, 0.2) is 11.6 Å². The molecule has 0 spiro atoms. The summed E-state index contributed by atoms with van der Waals surface area (Å²) in [6.45, 7) is 1.61. The smallest absolute Gasteiger partial charge is 0.171 e. The first-order chi connectivity index (χ1) is 8.74. The molecule has 6 heteroatoms. The number of ether oxygens (including phenoxy) is 2. The van der Waals surface area contributed by atoms with Gasteiger partial charge in [0.25, 0.3) is 0 Å². The Morgan fingerprint density at radius 3 is 2.39 bits per heavy atom. The normalized spacial score (nSPS) is 10.7. The van der Waals surface area contributed by atoms with Crippen molar-refractivity contribution in [3.05, 3.63) is 23.6 Å². The number of aliphatic hydroxyl groups is 1. The summed E-state index contributed by atoms with van der Waals surface area (Å²) in [7, 11) is 3.17. The molecule has 0 fully saturated rings. The third kappa shape index (κ3) is 3.90. The van der Waals surface area contributed by atoms with Gasteiger partial charge in [-0.2, -0.15) is 0 Å². The van der Waals surface area contributed by atoms with E-state index in [4.69, 9.17) is 14.6 Å². The van der Waals surface area contributed by atoms with E-state index in [9.17, 15) is 4.39 Å². The van der Waals surface area contributed by atoms with Gasteiger partial charge in [0, 0.05) is 39.1 Å². The molecule has 0 saturated heterocycles. The third-order valence-corrected chi connectivity index (χ3v) is 2.55. The summed E-state index contributed by atoms with van der Waals surface area (Å²) in [5.74, 6) is -0.275. The molecule has 1 heterocycles. The van der Waals surface area contributed by atoms with Crippen LogP contribution in [0.3, 0.4) is 0 Å². The van der Waals surface area contributed by atoms with Crippen LogP contribution in [-0.2, 0) is 16.1 Å². The van der Waals surface area contributed by atoms with Crippen molar-refractivity contribution >= 4 is 5.82 Å². The molecule has 1 aromatic rings. The van der Waals surface area contributed by atoms with E-state index in [1.165, 1.54) is 12.3 Å². The van der Waals surface area contributed by atoms with E-state index in [0.717, 1.165) is 0 Å². The Kier molecular flexibility index (Phi) is 6.56. The van der Waals surface area contributed by atoms with Gasteiger partial charge in [-0.05, 0) is 6.07 Å². The van der Waals surface area contributed by atoms with E-state index < -0.39 is 5.82 Å². The van der Waals surface area contributed by atoms with E-state index >= 15 is 0 Å². The summed E-state index contributed by atoms with van der Waals surface area (Å²) in [6, 6.07) is 1.46. The molecule has 1 N–H and O–H groups in total. The van der Waals surface area contributed by atoms with Gasteiger partial charge in [-0.15, -0.1) is 0 Å². The molecule has 0 aromatic carbocycles. The summed E-state index contributed by atoms with van der Waals surface area (Å²) in [4.78, 5) is 5.76. The first kappa shape index (κ1) is 14.8. The Hall–Kier alpha value is -1.24. The lowest BCUT2D eigenvalue weighted by Gasteiger charge is -2.24. The third-order valence-electron chi connectivity index (χ3n) is 2.55. The molecule has 0 radical (unpaired) electrons. The van der Waals surface area contributed by atoms with Gasteiger partial charge in [0.2, 0.25) is 0 Å². The van der Waals surface area contributed by atoms with Crippen LogP contribution in [0.2, 0.25) is 0 Å². The highest BCUT2D eigenvalue weighted by molar-refractivity contribution is 5.43. The summed E-state index contributed by atoms with van der Waals surface area (Å²) in [5, 5.41) is 9.04. The lowest BCUT2D eigenvalue weighted by molar-refractivity contribution is 0.189. The molecule has 0 saturated carbocycles. The number of nitrogens with zero attached hydrogens (tertiary/aromatic N) is 2. The maximum Gasteiger partial charge on any atom is 0.171 e. The zero-order valence-electron chi connectivity index (χ0n) is 10.7. The number of rotatable bonds is 8. The minimum absolute atomic E-state index is 0.218. The molecule has 0 aliphatic carbocycles. The molecule has 0 aliphatic rings. The summed E-state index contributed by atoms with van der Waals surface area (Å²) in [5.41, 5.74) is 0.236. The van der Waals surface area contributed by atoms with Crippen molar-refractivity contribution in [2.24, 2.45) is 0 Å². The predicted molar refractivity (Wildman–Crippen MR) is 66.1 cm³/mol. The summed E-state index contributed by atoms with van der Waals surface area (Å²) in [6.07, 6.45) is 1.48. The topological polar surface area (TPSA) is 54.8 Å². The highest BCUT2D eigenvalue weighted by atomic mass is 19.1. The summed E-state index contributed by atoms with van der Waals surface area (Å²) < 4.78 is 24.0. The average molecular weight is 258 g/mol. The van der Waals surface area contributed by atoms with Crippen molar-refractivity contribution < 1.29 is 19.0 Å².